The Hall–Kier alpha value is -2.30. The van der Waals surface area contributed by atoms with Crippen LogP contribution in [0.2, 0.25) is 0 Å². The summed E-state index contributed by atoms with van der Waals surface area (Å²) >= 11 is 0. The molecule has 2 saturated carbocycles. The molecule has 1 heterocycles. The van der Waals surface area contributed by atoms with Gasteiger partial charge in [0.05, 0.1) is 12.1 Å². The van der Waals surface area contributed by atoms with Gasteiger partial charge in [0, 0.05) is 17.6 Å². The molecule has 162 valence electrons. The maximum Gasteiger partial charge on any atom is 0.318 e. The number of H-pyrrole nitrogens is 1. The number of nitrogens with one attached hydrogen (secondary N) is 2. The molecule has 2 aromatic rings. The van der Waals surface area contributed by atoms with Crippen LogP contribution < -0.4 is 10.9 Å². The van der Waals surface area contributed by atoms with E-state index in [1.54, 1.807) is 0 Å². The fraction of sp³-hybridized carbons (Fsp3) is 0.600. The van der Waals surface area contributed by atoms with Gasteiger partial charge >= 0.3 is 6.03 Å². The smallest absolute Gasteiger partial charge is 0.318 e. The van der Waals surface area contributed by atoms with Crippen molar-refractivity contribution in [1.29, 1.82) is 0 Å². The normalized spacial score (nSPS) is 18.5. The number of hydrogen-bond acceptors (Lipinski definition) is 2. The van der Waals surface area contributed by atoms with Crippen molar-refractivity contribution in [3.05, 3.63) is 45.2 Å². The van der Waals surface area contributed by atoms with Crippen molar-refractivity contribution >= 4 is 16.9 Å². The number of rotatable bonds is 4. The van der Waals surface area contributed by atoms with Crippen LogP contribution in [0.4, 0.5) is 4.79 Å². The molecule has 1 aromatic heterocycles. The van der Waals surface area contributed by atoms with Gasteiger partial charge in [0.1, 0.15) is 0 Å². The van der Waals surface area contributed by atoms with Crippen LogP contribution in [0.15, 0.2) is 23.0 Å². The highest BCUT2D eigenvalue weighted by atomic mass is 16.2. The second-order valence-corrected chi connectivity index (χ2v) is 9.37. The summed E-state index contributed by atoms with van der Waals surface area (Å²) in [6, 6.07) is 6.68. The largest absolute Gasteiger partial charge is 0.335 e. The zero-order chi connectivity index (χ0) is 21.1. The molecule has 30 heavy (non-hydrogen) atoms. The second kappa shape index (κ2) is 9.23. The molecule has 0 spiro atoms. The first-order valence-corrected chi connectivity index (χ1v) is 11.7. The summed E-state index contributed by atoms with van der Waals surface area (Å²) in [6.07, 6.45) is 11.4. The lowest BCUT2D eigenvalue weighted by atomic mass is 9.93. The molecule has 0 bridgehead atoms. The molecule has 5 heteroatoms. The maximum atomic E-state index is 13.3. The van der Waals surface area contributed by atoms with Crippen LogP contribution in [0.1, 0.15) is 80.9 Å². The zero-order valence-corrected chi connectivity index (χ0v) is 18.4. The monoisotopic (exact) mass is 409 g/mol. The van der Waals surface area contributed by atoms with E-state index in [1.807, 2.05) is 17.9 Å². The van der Waals surface area contributed by atoms with E-state index in [9.17, 15) is 9.59 Å². The number of pyridine rings is 1. The van der Waals surface area contributed by atoms with Crippen LogP contribution in [0.5, 0.6) is 0 Å². The van der Waals surface area contributed by atoms with E-state index in [2.05, 4.69) is 29.4 Å². The number of fused-ring (bicyclic) bond motifs is 1. The van der Waals surface area contributed by atoms with Gasteiger partial charge in [-0.2, -0.15) is 0 Å². The third kappa shape index (κ3) is 4.71. The van der Waals surface area contributed by atoms with Crippen molar-refractivity contribution in [2.45, 2.75) is 96.7 Å². The molecule has 2 N–H and O–H groups in total. The number of hydrogen-bond donors (Lipinski definition) is 2. The summed E-state index contributed by atoms with van der Waals surface area (Å²) in [5, 5.41) is 4.33. The number of aryl methyl sites for hydroxylation is 2. The average molecular weight is 410 g/mol. The number of nitrogens with zero attached hydrogens (tertiary/aromatic N) is 1. The standard InChI is InChI=1S/C25H35N3O2/c1-17-13-18(2)23-19(14-17)15-20(24(29)27-23)16-28(22-11-7-4-8-12-22)25(30)26-21-9-5-3-6-10-21/h13-15,21-22H,3-12,16H2,1-2H3,(H,26,30)(H,27,29). The van der Waals surface area contributed by atoms with E-state index in [0.29, 0.717) is 12.1 Å². The lowest BCUT2D eigenvalue weighted by Crippen LogP contribution is -2.50. The minimum absolute atomic E-state index is 0.00807. The Morgan fingerprint density at radius 3 is 2.37 bits per heavy atom. The fourth-order valence-electron chi connectivity index (χ4n) is 5.30. The molecule has 0 aliphatic heterocycles. The highest BCUT2D eigenvalue weighted by Crippen LogP contribution is 2.26. The minimum Gasteiger partial charge on any atom is -0.335 e. The molecule has 2 aliphatic carbocycles. The molecule has 0 saturated heterocycles. The minimum atomic E-state index is -0.0827. The molecule has 0 atom stereocenters. The predicted octanol–water partition coefficient (Wildman–Crippen LogP) is 5.32. The van der Waals surface area contributed by atoms with Crippen LogP contribution in [-0.4, -0.2) is 28.0 Å². The Morgan fingerprint density at radius 2 is 1.67 bits per heavy atom. The van der Waals surface area contributed by atoms with Crippen molar-refractivity contribution in [1.82, 2.24) is 15.2 Å². The first kappa shape index (κ1) is 21.0. The maximum absolute atomic E-state index is 13.3. The first-order valence-electron chi connectivity index (χ1n) is 11.7. The Morgan fingerprint density at radius 1 is 1.00 bits per heavy atom. The number of urea groups is 1. The van der Waals surface area contributed by atoms with Crippen LogP contribution in [0.25, 0.3) is 10.9 Å². The Kier molecular flexibility index (Phi) is 6.45. The van der Waals surface area contributed by atoms with Gasteiger partial charge in [0.25, 0.3) is 5.56 Å². The molecule has 2 aliphatic rings. The highest BCUT2D eigenvalue weighted by molar-refractivity contribution is 5.83. The summed E-state index contributed by atoms with van der Waals surface area (Å²) in [5.41, 5.74) is 3.74. The van der Waals surface area contributed by atoms with Gasteiger partial charge in [0.2, 0.25) is 0 Å². The van der Waals surface area contributed by atoms with Crippen LogP contribution in [-0.2, 0) is 6.54 Å². The van der Waals surface area contributed by atoms with E-state index in [4.69, 9.17) is 0 Å². The molecule has 0 radical (unpaired) electrons. The van der Waals surface area contributed by atoms with Crippen LogP contribution in [0.3, 0.4) is 0 Å². The van der Waals surface area contributed by atoms with Gasteiger partial charge < -0.3 is 15.2 Å². The van der Waals surface area contributed by atoms with E-state index < -0.39 is 0 Å². The lowest BCUT2D eigenvalue weighted by molar-refractivity contribution is 0.145. The topological polar surface area (TPSA) is 65.2 Å². The van der Waals surface area contributed by atoms with E-state index >= 15 is 0 Å². The van der Waals surface area contributed by atoms with Crippen molar-refractivity contribution in [2.75, 3.05) is 0 Å². The number of carbonyl (C=O) groups excluding carboxylic acids is 1. The van der Waals surface area contributed by atoms with Crippen LogP contribution in [0, 0.1) is 13.8 Å². The molecular weight excluding hydrogens is 374 g/mol. The number of aromatic nitrogens is 1. The molecule has 2 amide bonds. The van der Waals surface area contributed by atoms with Crippen molar-refractivity contribution in [3.63, 3.8) is 0 Å². The first-order chi connectivity index (χ1) is 14.5. The quantitative estimate of drug-likeness (QED) is 0.717. The summed E-state index contributed by atoms with van der Waals surface area (Å²) < 4.78 is 0. The summed E-state index contributed by atoms with van der Waals surface area (Å²) in [4.78, 5) is 31.2. The number of amides is 2. The Balaban J connectivity index is 1.61. The van der Waals surface area contributed by atoms with Gasteiger partial charge in [0.15, 0.2) is 0 Å². The Bertz CT molecular complexity index is 953. The highest BCUT2D eigenvalue weighted by Gasteiger charge is 2.28. The number of aromatic amines is 1. The zero-order valence-electron chi connectivity index (χ0n) is 18.4. The van der Waals surface area contributed by atoms with Crippen molar-refractivity contribution in [3.8, 4) is 0 Å². The van der Waals surface area contributed by atoms with Crippen molar-refractivity contribution in [2.24, 2.45) is 0 Å². The number of benzene rings is 1. The van der Waals surface area contributed by atoms with Crippen LogP contribution >= 0.6 is 0 Å². The third-order valence-corrected chi connectivity index (χ3v) is 6.92. The van der Waals surface area contributed by atoms with Gasteiger partial charge in [-0.05, 0) is 62.6 Å². The molecule has 2 fully saturated rings. The van der Waals surface area contributed by atoms with Gasteiger partial charge in [-0.1, -0.05) is 50.2 Å². The molecule has 4 rings (SSSR count). The Labute approximate surface area is 179 Å². The summed E-state index contributed by atoms with van der Waals surface area (Å²) in [6.45, 7) is 4.47. The molecule has 0 unspecified atom stereocenters. The molecular formula is C25H35N3O2. The number of carbonyl (C=O) groups is 1. The molecule has 1 aromatic carbocycles. The van der Waals surface area contributed by atoms with Crippen molar-refractivity contribution < 1.29 is 4.79 Å². The molecule has 5 nitrogen and oxygen atoms in total. The predicted molar refractivity (Wildman–Crippen MR) is 122 cm³/mol. The second-order valence-electron chi connectivity index (χ2n) is 9.37. The summed E-state index contributed by atoms with van der Waals surface area (Å²) in [7, 11) is 0. The average Bonchev–Trinajstić information content (AvgIpc) is 2.74. The SMILES string of the molecule is Cc1cc(C)c2[nH]c(=O)c(CN(C(=O)NC3CCCCC3)C3CCCCC3)cc2c1. The van der Waals surface area contributed by atoms with Gasteiger partial charge in [-0.3, -0.25) is 4.79 Å². The fourth-order valence-corrected chi connectivity index (χ4v) is 5.30. The van der Waals surface area contributed by atoms with Gasteiger partial charge in [-0.25, -0.2) is 4.79 Å². The van der Waals surface area contributed by atoms with E-state index in [-0.39, 0.29) is 23.7 Å². The summed E-state index contributed by atoms with van der Waals surface area (Å²) in [5.74, 6) is 0. The van der Waals surface area contributed by atoms with Gasteiger partial charge in [-0.15, -0.1) is 0 Å². The third-order valence-electron chi connectivity index (χ3n) is 6.92. The van der Waals surface area contributed by atoms with E-state index in [1.165, 1.54) is 31.2 Å². The van der Waals surface area contributed by atoms with E-state index in [0.717, 1.165) is 55.0 Å². The lowest BCUT2D eigenvalue weighted by Gasteiger charge is -2.36.